The number of likely N-dealkylation sites (tertiary alicyclic amines) is 1. The van der Waals surface area contributed by atoms with Crippen LogP contribution in [0.1, 0.15) is 28.8 Å². The number of amides is 1. The van der Waals surface area contributed by atoms with E-state index in [0.29, 0.717) is 23.6 Å². The van der Waals surface area contributed by atoms with Gasteiger partial charge < -0.3 is 15.0 Å². The van der Waals surface area contributed by atoms with Crippen molar-refractivity contribution < 1.29 is 9.53 Å². The second-order valence-electron chi connectivity index (χ2n) is 8.57. The van der Waals surface area contributed by atoms with Crippen molar-refractivity contribution in [1.29, 1.82) is 0 Å². The van der Waals surface area contributed by atoms with E-state index in [0.717, 1.165) is 51.1 Å². The summed E-state index contributed by atoms with van der Waals surface area (Å²) < 4.78 is 5.86. The highest BCUT2D eigenvalue weighted by Crippen LogP contribution is 2.25. The van der Waals surface area contributed by atoms with Crippen molar-refractivity contribution in [3.8, 4) is 0 Å². The van der Waals surface area contributed by atoms with Gasteiger partial charge in [0, 0.05) is 55.1 Å². The Labute approximate surface area is 182 Å². The van der Waals surface area contributed by atoms with E-state index in [-0.39, 0.29) is 5.91 Å². The monoisotopic (exact) mass is 416 g/mol. The molecule has 2 aliphatic heterocycles. The van der Waals surface area contributed by atoms with Crippen LogP contribution in [0.5, 0.6) is 0 Å². The van der Waals surface area contributed by atoms with Crippen molar-refractivity contribution in [3.63, 3.8) is 0 Å². The van der Waals surface area contributed by atoms with E-state index in [4.69, 9.17) is 4.74 Å². The van der Waals surface area contributed by atoms with Gasteiger partial charge in [0.15, 0.2) is 0 Å². The molecule has 2 aromatic heterocycles. The standard InChI is InChI=1S/C25H28N4O2/c30-25(19-4-3-10-26-15-19)29-12-8-21(9-13-29)28-24-17-31-16-20(24)14-18-7-11-27-23-6-2-1-5-22(18)23/h1-7,10-11,15,20-21,24,28H,8-9,12-14,16-17H2/t20-,24+/m1/s1. The van der Waals surface area contributed by atoms with Gasteiger partial charge in [-0.25, -0.2) is 0 Å². The Morgan fingerprint density at radius 2 is 1.94 bits per heavy atom. The third-order valence-corrected chi connectivity index (χ3v) is 6.56. The van der Waals surface area contributed by atoms with Crippen molar-refractivity contribution in [2.24, 2.45) is 5.92 Å². The topological polar surface area (TPSA) is 67.4 Å². The lowest BCUT2D eigenvalue weighted by Crippen LogP contribution is -2.49. The third kappa shape index (κ3) is 4.45. The van der Waals surface area contributed by atoms with Crippen molar-refractivity contribution in [3.05, 3.63) is 72.2 Å². The highest BCUT2D eigenvalue weighted by Gasteiger charge is 2.32. The summed E-state index contributed by atoms with van der Waals surface area (Å²) in [6.07, 6.45) is 8.17. The zero-order valence-electron chi connectivity index (χ0n) is 17.6. The molecule has 4 heterocycles. The Morgan fingerprint density at radius 3 is 2.77 bits per heavy atom. The first-order valence-corrected chi connectivity index (χ1v) is 11.1. The lowest BCUT2D eigenvalue weighted by Gasteiger charge is -2.34. The number of carbonyl (C=O) groups excluding carboxylic acids is 1. The van der Waals surface area contributed by atoms with Gasteiger partial charge in [-0.15, -0.1) is 0 Å². The summed E-state index contributed by atoms with van der Waals surface area (Å²) >= 11 is 0. The lowest BCUT2D eigenvalue weighted by atomic mass is 9.92. The minimum atomic E-state index is 0.0817. The van der Waals surface area contributed by atoms with Gasteiger partial charge in [0.2, 0.25) is 0 Å². The summed E-state index contributed by atoms with van der Waals surface area (Å²) in [6.45, 7) is 3.09. The molecule has 0 spiro atoms. The number of benzene rings is 1. The first-order chi connectivity index (χ1) is 15.3. The minimum absolute atomic E-state index is 0.0817. The minimum Gasteiger partial charge on any atom is -0.379 e. The summed E-state index contributed by atoms with van der Waals surface area (Å²) in [6, 6.07) is 14.9. The number of piperidine rings is 1. The van der Waals surface area contributed by atoms with Crippen molar-refractivity contribution in [2.45, 2.75) is 31.3 Å². The Hall–Kier alpha value is -2.83. The number of nitrogens with one attached hydrogen (secondary N) is 1. The summed E-state index contributed by atoms with van der Waals surface area (Å²) in [4.78, 5) is 23.2. The molecular weight excluding hydrogens is 388 g/mol. The summed E-state index contributed by atoms with van der Waals surface area (Å²) in [5, 5.41) is 5.08. The van der Waals surface area contributed by atoms with Gasteiger partial charge in [-0.05, 0) is 49.1 Å². The van der Waals surface area contributed by atoms with Crippen LogP contribution < -0.4 is 5.32 Å². The fraction of sp³-hybridized carbons (Fsp3) is 0.400. The Kier molecular flexibility index (Phi) is 5.91. The van der Waals surface area contributed by atoms with E-state index in [1.807, 2.05) is 29.3 Å². The quantitative estimate of drug-likeness (QED) is 0.692. The zero-order valence-corrected chi connectivity index (χ0v) is 17.6. The number of para-hydroxylation sites is 1. The molecule has 1 aromatic carbocycles. The molecule has 0 bridgehead atoms. The molecule has 6 nitrogen and oxygen atoms in total. The number of rotatable bonds is 5. The van der Waals surface area contributed by atoms with Gasteiger partial charge in [-0.1, -0.05) is 18.2 Å². The average molecular weight is 417 g/mol. The number of fused-ring (bicyclic) bond motifs is 1. The Balaban J connectivity index is 1.18. The molecule has 0 unspecified atom stereocenters. The maximum atomic E-state index is 12.7. The number of ether oxygens (including phenoxy) is 1. The predicted octanol–water partition coefficient (Wildman–Crippen LogP) is 3.08. The van der Waals surface area contributed by atoms with Crippen LogP contribution in [0.2, 0.25) is 0 Å². The smallest absolute Gasteiger partial charge is 0.255 e. The molecule has 3 aromatic rings. The number of nitrogens with zero attached hydrogens (tertiary/aromatic N) is 3. The molecule has 1 N–H and O–H groups in total. The van der Waals surface area contributed by atoms with Crippen LogP contribution in [0, 0.1) is 5.92 Å². The summed E-state index contributed by atoms with van der Waals surface area (Å²) in [5.74, 6) is 0.527. The fourth-order valence-corrected chi connectivity index (χ4v) is 4.82. The van der Waals surface area contributed by atoms with Crippen molar-refractivity contribution >= 4 is 16.8 Å². The number of hydrogen-bond donors (Lipinski definition) is 1. The van der Waals surface area contributed by atoms with Gasteiger partial charge in [0.25, 0.3) is 5.91 Å². The van der Waals surface area contributed by atoms with Gasteiger partial charge in [0.05, 0.1) is 24.3 Å². The third-order valence-electron chi connectivity index (χ3n) is 6.56. The van der Waals surface area contributed by atoms with Gasteiger partial charge in [0.1, 0.15) is 0 Å². The van der Waals surface area contributed by atoms with Crippen LogP contribution in [0.15, 0.2) is 61.1 Å². The van der Waals surface area contributed by atoms with Crippen LogP contribution in [0.3, 0.4) is 0 Å². The molecule has 2 saturated heterocycles. The first kappa shape index (κ1) is 20.1. The van der Waals surface area contributed by atoms with E-state index >= 15 is 0 Å². The highest BCUT2D eigenvalue weighted by molar-refractivity contribution is 5.93. The van der Waals surface area contributed by atoms with Crippen molar-refractivity contribution in [1.82, 2.24) is 20.2 Å². The largest absolute Gasteiger partial charge is 0.379 e. The predicted molar refractivity (Wildman–Crippen MR) is 120 cm³/mol. The molecule has 5 rings (SSSR count). The molecule has 1 amide bonds. The second kappa shape index (κ2) is 9.12. The molecule has 2 fully saturated rings. The molecule has 0 radical (unpaired) electrons. The zero-order chi connectivity index (χ0) is 21.0. The van der Waals surface area contributed by atoms with E-state index in [9.17, 15) is 4.79 Å². The van der Waals surface area contributed by atoms with Gasteiger partial charge in [-0.3, -0.25) is 14.8 Å². The number of carbonyl (C=O) groups is 1. The van der Waals surface area contributed by atoms with E-state index in [2.05, 4.69) is 39.6 Å². The van der Waals surface area contributed by atoms with Crippen LogP contribution in [-0.4, -0.2) is 59.2 Å². The highest BCUT2D eigenvalue weighted by atomic mass is 16.5. The second-order valence-corrected chi connectivity index (χ2v) is 8.57. The lowest BCUT2D eigenvalue weighted by molar-refractivity contribution is 0.0698. The SMILES string of the molecule is O=C(c1cccnc1)N1CCC(N[C@H]2COC[C@H]2Cc2ccnc3ccccc23)CC1. The molecule has 0 saturated carbocycles. The molecule has 31 heavy (non-hydrogen) atoms. The first-order valence-electron chi connectivity index (χ1n) is 11.1. The van der Waals surface area contributed by atoms with Crippen LogP contribution in [-0.2, 0) is 11.2 Å². The van der Waals surface area contributed by atoms with E-state index in [1.54, 1.807) is 12.4 Å². The van der Waals surface area contributed by atoms with Crippen molar-refractivity contribution in [2.75, 3.05) is 26.3 Å². The van der Waals surface area contributed by atoms with Gasteiger partial charge in [-0.2, -0.15) is 0 Å². The maximum Gasteiger partial charge on any atom is 0.255 e. The van der Waals surface area contributed by atoms with E-state index < -0.39 is 0 Å². The number of aromatic nitrogens is 2. The molecule has 6 heteroatoms. The van der Waals surface area contributed by atoms with Crippen LogP contribution in [0.25, 0.3) is 10.9 Å². The summed E-state index contributed by atoms with van der Waals surface area (Å²) in [7, 11) is 0. The average Bonchev–Trinajstić information content (AvgIpc) is 3.26. The fourth-order valence-electron chi connectivity index (χ4n) is 4.82. The normalized spacial score (nSPS) is 22.1. The summed E-state index contributed by atoms with van der Waals surface area (Å²) in [5.41, 5.74) is 3.06. The molecule has 2 atom stereocenters. The number of pyridine rings is 2. The molecule has 160 valence electrons. The van der Waals surface area contributed by atoms with Crippen LogP contribution in [0.4, 0.5) is 0 Å². The Bertz CT molecular complexity index is 1030. The molecule has 2 aliphatic rings. The van der Waals surface area contributed by atoms with Crippen LogP contribution >= 0.6 is 0 Å². The maximum absolute atomic E-state index is 12.7. The van der Waals surface area contributed by atoms with Gasteiger partial charge >= 0.3 is 0 Å². The number of hydrogen-bond acceptors (Lipinski definition) is 5. The van der Waals surface area contributed by atoms with E-state index in [1.165, 1.54) is 10.9 Å². The molecular formula is C25H28N4O2. The molecule has 0 aliphatic carbocycles. The Morgan fingerprint density at radius 1 is 1.06 bits per heavy atom.